The molecule has 5 heteroatoms. The molecule has 2 aromatic carbocycles. The van der Waals surface area contributed by atoms with Gasteiger partial charge in [-0.2, -0.15) is 5.10 Å². The van der Waals surface area contributed by atoms with Crippen molar-refractivity contribution >= 4 is 0 Å². The number of benzene rings is 2. The molecule has 1 aliphatic rings. The third-order valence-corrected chi connectivity index (χ3v) is 5.20. The zero-order chi connectivity index (χ0) is 18.6. The van der Waals surface area contributed by atoms with Crippen LogP contribution in [0.4, 0.5) is 4.39 Å². The lowest BCUT2D eigenvalue weighted by atomic mass is 9.93. The minimum atomic E-state index is -0.236. The maximum Gasteiger partial charge on any atom is 0.129 e. The Morgan fingerprint density at radius 2 is 2.00 bits per heavy atom. The number of nitrogens with one attached hydrogen (secondary N) is 1. The van der Waals surface area contributed by atoms with Crippen molar-refractivity contribution in [2.24, 2.45) is 7.05 Å². The lowest BCUT2D eigenvalue weighted by Crippen LogP contribution is -2.24. The van der Waals surface area contributed by atoms with E-state index < -0.39 is 0 Å². The smallest absolute Gasteiger partial charge is 0.129 e. The second kappa shape index (κ2) is 7.92. The number of hydrogen-bond acceptors (Lipinski definition) is 3. The van der Waals surface area contributed by atoms with Crippen LogP contribution in [-0.4, -0.2) is 9.78 Å². The van der Waals surface area contributed by atoms with Crippen LogP contribution in [0.25, 0.3) is 0 Å². The average molecular weight is 365 g/mol. The lowest BCUT2D eigenvalue weighted by molar-refractivity contribution is 0.299. The van der Waals surface area contributed by atoms with Crippen LogP contribution < -0.4 is 10.1 Å². The minimum absolute atomic E-state index is 0.232. The van der Waals surface area contributed by atoms with Crippen molar-refractivity contribution in [1.29, 1.82) is 0 Å². The maximum absolute atomic E-state index is 13.6. The van der Waals surface area contributed by atoms with Crippen LogP contribution in [-0.2, 0) is 26.6 Å². The van der Waals surface area contributed by atoms with Gasteiger partial charge in [-0.05, 0) is 43.0 Å². The van der Waals surface area contributed by atoms with Gasteiger partial charge >= 0.3 is 0 Å². The van der Waals surface area contributed by atoms with E-state index in [9.17, 15) is 4.39 Å². The van der Waals surface area contributed by atoms with Crippen LogP contribution in [0.5, 0.6) is 5.75 Å². The van der Waals surface area contributed by atoms with E-state index in [-0.39, 0.29) is 12.4 Å². The van der Waals surface area contributed by atoms with E-state index in [2.05, 4.69) is 22.5 Å². The summed E-state index contributed by atoms with van der Waals surface area (Å²) in [6, 6.07) is 15.0. The normalized spacial score (nSPS) is 16.1. The number of ether oxygens (including phenoxy) is 1. The Hall–Kier alpha value is -2.66. The highest BCUT2D eigenvalue weighted by atomic mass is 19.1. The molecule has 1 N–H and O–H groups in total. The molecule has 0 saturated carbocycles. The molecule has 4 rings (SSSR count). The van der Waals surface area contributed by atoms with Crippen LogP contribution in [0.1, 0.15) is 41.3 Å². The number of halogens is 1. The standard InChI is InChI=1S/C22H24FN3O/c1-26-22-8-4-7-21(19(22)14-25-26)24-13-16-9-11-18(12-10-16)27-15-17-5-2-3-6-20(17)23/h2-3,5-6,9-12,14,21,24H,4,7-8,13,15H2,1H3/t21-/m1/s1. The maximum atomic E-state index is 13.6. The fourth-order valence-electron chi connectivity index (χ4n) is 3.64. The number of fused-ring (bicyclic) bond motifs is 1. The number of aryl methyl sites for hydroxylation is 1. The molecule has 1 heterocycles. The molecule has 0 unspecified atom stereocenters. The van der Waals surface area contributed by atoms with Crippen LogP contribution >= 0.6 is 0 Å². The highest BCUT2D eigenvalue weighted by Crippen LogP contribution is 2.29. The summed E-state index contributed by atoms with van der Waals surface area (Å²) >= 11 is 0. The number of nitrogens with zero attached hydrogens (tertiary/aromatic N) is 2. The Morgan fingerprint density at radius 1 is 1.19 bits per heavy atom. The first-order valence-corrected chi connectivity index (χ1v) is 9.40. The van der Waals surface area contributed by atoms with Gasteiger partial charge in [0, 0.05) is 36.5 Å². The van der Waals surface area contributed by atoms with Gasteiger partial charge in [-0.15, -0.1) is 0 Å². The third-order valence-electron chi connectivity index (χ3n) is 5.20. The summed E-state index contributed by atoms with van der Waals surface area (Å²) in [7, 11) is 2.02. The highest BCUT2D eigenvalue weighted by molar-refractivity contribution is 5.29. The van der Waals surface area contributed by atoms with Gasteiger partial charge in [0.2, 0.25) is 0 Å². The zero-order valence-electron chi connectivity index (χ0n) is 15.5. The summed E-state index contributed by atoms with van der Waals surface area (Å²) in [6.07, 6.45) is 5.43. The molecule has 0 saturated heterocycles. The quantitative estimate of drug-likeness (QED) is 0.708. The largest absolute Gasteiger partial charge is 0.489 e. The average Bonchev–Trinajstić information content (AvgIpc) is 3.08. The SMILES string of the molecule is Cn1ncc2c1CCC[C@H]2NCc1ccc(OCc2ccccc2F)cc1. The predicted molar refractivity (Wildman–Crippen MR) is 103 cm³/mol. The van der Waals surface area contributed by atoms with Crippen LogP contribution in [0.15, 0.2) is 54.7 Å². The Kier molecular flexibility index (Phi) is 5.21. The molecule has 0 fully saturated rings. The second-order valence-corrected chi connectivity index (χ2v) is 7.02. The molecule has 1 aromatic heterocycles. The van der Waals surface area contributed by atoms with Crippen molar-refractivity contribution in [3.05, 3.63) is 82.9 Å². The van der Waals surface area contributed by atoms with E-state index in [1.54, 1.807) is 12.1 Å². The molecule has 27 heavy (non-hydrogen) atoms. The van der Waals surface area contributed by atoms with E-state index in [4.69, 9.17) is 4.74 Å². The Balaban J connectivity index is 1.33. The van der Waals surface area contributed by atoms with Gasteiger partial charge in [0.1, 0.15) is 18.2 Å². The van der Waals surface area contributed by atoms with E-state index in [1.807, 2.05) is 36.1 Å². The van der Waals surface area contributed by atoms with Crippen LogP contribution in [0.3, 0.4) is 0 Å². The van der Waals surface area contributed by atoms with Crippen LogP contribution in [0.2, 0.25) is 0 Å². The van der Waals surface area contributed by atoms with Gasteiger partial charge in [0.25, 0.3) is 0 Å². The fraction of sp³-hybridized carbons (Fsp3) is 0.318. The summed E-state index contributed by atoms with van der Waals surface area (Å²) in [5, 5.41) is 8.05. The van der Waals surface area contributed by atoms with Crippen molar-refractivity contribution in [3.8, 4) is 5.75 Å². The number of hydrogen-bond donors (Lipinski definition) is 1. The minimum Gasteiger partial charge on any atom is -0.489 e. The van der Waals surface area contributed by atoms with Crippen molar-refractivity contribution in [2.45, 2.75) is 38.5 Å². The number of rotatable bonds is 6. The highest BCUT2D eigenvalue weighted by Gasteiger charge is 2.22. The van der Waals surface area contributed by atoms with E-state index in [0.29, 0.717) is 11.6 Å². The molecule has 0 bridgehead atoms. The second-order valence-electron chi connectivity index (χ2n) is 7.02. The molecule has 0 radical (unpaired) electrons. The summed E-state index contributed by atoms with van der Waals surface area (Å²) in [5.41, 5.74) is 4.43. The van der Waals surface area contributed by atoms with Gasteiger partial charge in [0.05, 0.1) is 6.20 Å². The molecule has 1 atom stereocenters. The first-order valence-electron chi connectivity index (χ1n) is 9.40. The molecule has 0 amide bonds. The van der Waals surface area contributed by atoms with Gasteiger partial charge < -0.3 is 10.1 Å². The molecule has 0 aliphatic heterocycles. The first kappa shape index (κ1) is 17.7. The fourth-order valence-corrected chi connectivity index (χ4v) is 3.64. The van der Waals surface area contributed by atoms with E-state index in [1.165, 1.54) is 29.3 Å². The van der Waals surface area contributed by atoms with Crippen molar-refractivity contribution < 1.29 is 9.13 Å². The third kappa shape index (κ3) is 4.03. The van der Waals surface area contributed by atoms with Crippen molar-refractivity contribution in [2.75, 3.05) is 0 Å². The van der Waals surface area contributed by atoms with Crippen molar-refractivity contribution in [3.63, 3.8) is 0 Å². The monoisotopic (exact) mass is 365 g/mol. The van der Waals surface area contributed by atoms with E-state index in [0.717, 1.165) is 25.1 Å². The van der Waals surface area contributed by atoms with E-state index >= 15 is 0 Å². The van der Waals surface area contributed by atoms with Crippen molar-refractivity contribution in [1.82, 2.24) is 15.1 Å². The predicted octanol–water partition coefficient (Wildman–Crippen LogP) is 4.31. The van der Waals surface area contributed by atoms with Gasteiger partial charge in [-0.25, -0.2) is 4.39 Å². The molecule has 3 aromatic rings. The zero-order valence-corrected chi connectivity index (χ0v) is 15.5. The summed E-state index contributed by atoms with van der Waals surface area (Å²) < 4.78 is 21.3. The summed E-state index contributed by atoms with van der Waals surface area (Å²) in [6.45, 7) is 1.03. The van der Waals surface area contributed by atoms with Crippen LogP contribution in [0, 0.1) is 5.82 Å². The Morgan fingerprint density at radius 3 is 2.81 bits per heavy atom. The van der Waals surface area contributed by atoms with Gasteiger partial charge in [-0.1, -0.05) is 30.3 Å². The number of aromatic nitrogens is 2. The molecule has 4 nitrogen and oxygen atoms in total. The molecule has 0 spiro atoms. The Labute approximate surface area is 159 Å². The first-order chi connectivity index (χ1) is 13.2. The molecule has 140 valence electrons. The molecular formula is C22H24FN3O. The van der Waals surface area contributed by atoms with Gasteiger partial charge in [0.15, 0.2) is 0 Å². The molecule has 1 aliphatic carbocycles. The molecular weight excluding hydrogens is 341 g/mol. The lowest BCUT2D eigenvalue weighted by Gasteiger charge is -2.24. The Bertz CT molecular complexity index is 904. The topological polar surface area (TPSA) is 39.1 Å². The van der Waals surface area contributed by atoms with Gasteiger partial charge in [-0.3, -0.25) is 4.68 Å². The summed E-state index contributed by atoms with van der Waals surface area (Å²) in [5.74, 6) is 0.509. The summed E-state index contributed by atoms with van der Waals surface area (Å²) in [4.78, 5) is 0.